The first-order valence-corrected chi connectivity index (χ1v) is 8.09. The van der Waals surface area contributed by atoms with Crippen molar-refractivity contribution >= 4 is 27.3 Å². The van der Waals surface area contributed by atoms with E-state index in [4.69, 9.17) is 5.11 Å². The number of hydrogen-bond donors (Lipinski definition) is 2. The van der Waals surface area contributed by atoms with E-state index in [9.17, 15) is 0 Å². The Balaban J connectivity index is 2.00. The maximum Gasteiger partial charge on any atom is 0.0431 e. The summed E-state index contributed by atoms with van der Waals surface area (Å²) in [6.07, 6.45) is 1.77. The van der Waals surface area contributed by atoms with Gasteiger partial charge in [0, 0.05) is 28.5 Å². The minimum atomic E-state index is 0.244. The third kappa shape index (κ3) is 4.42. The number of hydrogen-bond acceptors (Lipinski definition) is 3. The van der Waals surface area contributed by atoms with E-state index in [-0.39, 0.29) is 6.61 Å². The summed E-state index contributed by atoms with van der Waals surface area (Å²) in [5.74, 6) is 0. The van der Waals surface area contributed by atoms with Crippen LogP contribution in [0.5, 0.6) is 0 Å². The van der Waals surface area contributed by atoms with Crippen LogP contribution in [0.3, 0.4) is 0 Å². The van der Waals surface area contributed by atoms with Gasteiger partial charge in [0.05, 0.1) is 0 Å². The largest absolute Gasteiger partial charge is 0.396 e. The molecule has 0 bridgehead atoms. The van der Waals surface area contributed by atoms with Crippen molar-refractivity contribution in [3.8, 4) is 0 Å². The van der Waals surface area contributed by atoms with Crippen LogP contribution in [-0.2, 0) is 6.54 Å². The molecular weight excluding hydrogens is 322 g/mol. The average Bonchev–Trinajstić information content (AvgIpc) is 2.85. The molecule has 1 aromatic heterocycles. The second-order valence-corrected chi connectivity index (χ2v) is 6.26. The van der Waals surface area contributed by atoms with E-state index in [0.29, 0.717) is 6.04 Å². The molecule has 2 nitrogen and oxygen atoms in total. The topological polar surface area (TPSA) is 32.3 Å². The van der Waals surface area contributed by atoms with Gasteiger partial charge in [-0.05, 0) is 45.8 Å². The maximum absolute atomic E-state index is 9.03. The van der Waals surface area contributed by atoms with E-state index < -0.39 is 0 Å². The number of aliphatic hydroxyl groups excluding tert-OH is 1. The number of thiophene rings is 1. The van der Waals surface area contributed by atoms with Crippen LogP contribution in [-0.4, -0.2) is 11.7 Å². The van der Waals surface area contributed by atoms with Crippen molar-refractivity contribution in [2.24, 2.45) is 0 Å². The summed E-state index contributed by atoms with van der Waals surface area (Å²) in [5, 5.41) is 14.7. The summed E-state index contributed by atoms with van der Waals surface area (Å²) in [5.41, 5.74) is 1.28. The van der Waals surface area contributed by atoms with E-state index in [0.717, 1.165) is 19.4 Å². The molecule has 19 heavy (non-hydrogen) atoms. The van der Waals surface area contributed by atoms with Crippen molar-refractivity contribution in [1.29, 1.82) is 0 Å². The first kappa shape index (κ1) is 14.7. The molecule has 4 heteroatoms. The zero-order chi connectivity index (χ0) is 13.5. The fourth-order valence-corrected chi connectivity index (χ4v) is 3.48. The van der Waals surface area contributed by atoms with Crippen molar-refractivity contribution in [2.45, 2.75) is 25.4 Å². The summed E-state index contributed by atoms with van der Waals surface area (Å²) in [7, 11) is 0. The molecule has 2 N–H and O–H groups in total. The summed E-state index contributed by atoms with van der Waals surface area (Å²) >= 11 is 5.31. The lowest BCUT2D eigenvalue weighted by Gasteiger charge is -2.18. The average molecular weight is 340 g/mol. The van der Waals surface area contributed by atoms with Crippen molar-refractivity contribution < 1.29 is 5.11 Å². The van der Waals surface area contributed by atoms with Crippen molar-refractivity contribution in [3.05, 3.63) is 56.7 Å². The summed E-state index contributed by atoms with van der Waals surface area (Å²) in [6, 6.07) is 12.8. The quantitative estimate of drug-likeness (QED) is 0.795. The second-order valence-electron chi connectivity index (χ2n) is 4.40. The highest BCUT2D eigenvalue weighted by atomic mass is 79.9. The van der Waals surface area contributed by atoms with Gasteiger partial charge in [-0.3, -0.25) is 0 Å². The lowest BCUT2D eigenvalue weighted by Crippen LogP contribution is -2.21. The zero-order valence-electron chi connectivity index (χ0n) is 10.7. The third-order valence-corrected chi connectivity index (χ3v) is 4.98. The Labute approximate surface area is 126 Å². The molecule has 0 radical (unpaired) electrons. The van der Waals surface area contributed by atoms with Crippen LogP contribution in [0.15, 0.2) is 46.3 Å². The fraction of sp³-hybridized carbons (Fsp3) is 0.333. The fourth-order valence-electron chi connectivity index (χ4n) is 2.03. The molecule has 0 aliphatic heterocycles. The van der Waals surface area contributed by atoms with Crippen molar-refractivity contribution in [3.63, 3.8) is 0 Å². The molecule has 0 saturated heterocycles. The molecule has 0 aliphatic carbocycles. The van der Waals surface area contributed by atoms with Gasteiger partial charge in [-0.15, -0.1) is 11.3 Å². The maximum atomic E-state index is 9.03. The van der Waals surface area contributed by atoms with E-state index in [1.165, 1.54) is 14.9 Å². The zero-order valence-corrected chi connectivity index (χ0v) is 13.1. The normalized spacial score (nSPS) is 12.5. The summed E-state index contributed by atoms with van der Waals surface area (Å²) in [4.78, 5) is 1.31. The molecule has 1 aromatic carbocycles. The highest BCUT2D eigenvalue weighted by Gasteiger charge is 2.11. The Morgan fingerprint density at radius 2 is 2.00 bits per heavy atom. The van der Waals surface area contributed by atoms with Gasteiger partial charge in [-0.2, -0.15) is 0 Å². The van der Waals surface area contributed by atoms with Crippen LogP contribution in [0, 0.1) is 0 Å². The van der Waals surface area contributed by atoms with Crippen LogP contribution < -0.4 is 5.32 Å². The Hall–Kier alpha value is -0.680. The van der Waals surface area contributed by atoms with E-state index >= 15 is 0 Å². The monoisotopic (exact) mass is 339 g/mol. The number of aliphatic hydroxyl groups is 1. The molecule has 102 valence electrons. The Morgan fingerprint density at radius 1 is 1.21 bits per heavy atom. The molecule has 2 rings (SSSR count). The molecule has 1 atom stereocenters. The van der Waals surface area contributed by atoms with Gasteiger partial charge in [-0.25, -0.2) is 0 Å². The number of benzene rings is 1. The Morgan fingerprint density at radius 3 is 2.63 bits per heavy atom. The molecule has 0 fully saturated rings. The second kappa shape index (κ2) is 7.80. The molecule has 0 spiro atoms. The minimum Gasteiger partial charge on any atom is -0.396 e. The highest BCUT2D eigenvalue weighted by molar-refractivity contribution is 9.10. The molecule has 0 amide bonds. The lowest BCUT2D eigenvalue weighted by atomic mass is 10.0. The van der Waals surface area contributed by atoms with Crippen LogP contribution in [0.25, 0.3) is 0 Å². The van der Waals surface area contributed by atoms with E-state index in [2.05, 4.69) is 57.0 Å². The van der Waals surface area contributed by atoms with Crippen molar-refractivity contribution in [2.75, 3.05) is 6.61 Å². The first-order chi connectivity index (χ1) is 9.31. The Bertz CT molecular complexity index is 486. The number of rotatable bonds is 7. The molecule has 1 unspecified atom stereocenters. The lowest BCUT2D eigenvalue weighted by molar-refractivity contribution is 0.275. The number of halogens is 1. The first-order valence-electron chi connectivity index (χ1n) is 6.42. The molecule has 2 aromatic rings. The molecule has 0 saturated carbocycles. The van der Waals surface area contributed by atoms with Crippen LogP contribution in [0.4, 0.5) is 0 Å². The van der Waals surface area contributed by atoms with Gasteiger partial charge in [-0.1, -0.05) is 30.3 Å². The van der Waals surface area contributed by atoms with Gasteiger partial charge >= 0.3 is 0 Å². The van der Waals surface area contributed by atoms with E-state index in [1.54, 1.807) is 11.3 Å². The SMILES string of the molecule is OCCCC(NCc1sccc1Br)c1ccccc1. The summed E-state index contributed by atoms with van der Waals surface area (Å²) < 4.78 is 1.17. The van der Waals surface area contributed by atoms with Crippen LogP contribution in [0.1, 0.15) is 29.3 Å². The van der Waals surface area contributed by atoms with Gasteiger partial charge in [0.1, 0.15) is 0 Å². The predicted octanol–water partition coefficient (Wildman–Crippen LogP) is 4.11. The smallest absolute Gasteiger partial charge is 0.0431 e. The standard InChI is InChI=1S/C15H18BrNOS/c16-13-8-10-19-15(13)11-17-14(7-4-9-18)12-5-2-1-3-6-12/h1-3,5-6,8,10,14,17-18H,4,7,9,11H2. The van der Waals surface area contributed by atoms with Gasteiger partial charge in [0.2, 0.25) is 0 Å². The van der Waals surface area contributed by atoms with Crippen molar-refractivity contribution in [1.82, 2.24) is 5.32 Å². The van der Waals surface area contributed by atoms with Gasteiger partial charge in [0.15, 0.2) is 0 Å². The van der Waals surface area contributed by atoms with Crippen LogP contribution >= 0.6 is 27.3 Å². The third-order valence-electron chi connectivity index (χ3n) is 3.05. The Kier molecular flexibility index (Phi) is 6.04. The van der Waals surface area contributed by atoms with E-state index in [1.807, 2.05) is 6.07 Å². The molecule has 1 heterocycles. The summed E-state index contributed by atoms with van der Waals surface area (Å²) in [6.45, 7) is 1.09. The molecule has 0 aliphatic rings. The predicted molar refractivity (Wildman–Crippen MR) is 84.4 cm³/mol. The molecular formula is C15H18BrNOS. The van der Waals surface area contributed by atoms with Crippen LogP contribution in [0.2, 0.25) is 0 Å². The number of nitrogens with one attached hydrogen (secondary N) is 1. The van der Waals surface area contributed by atoms with Gasteiger partial charge in [0.25, 0.3) is 0 Å². The highest BCUT2D eigenvalue weighted by Crippen LogP contribution is 2.24. The van der Waals surface area contributed by atoms with Gasteiger partial charge < -0.3 is 10.4 Å². The minimum absolute atomic E-state index is 0.244.